The molecule has 7 nitrogen and oxygen atoms in total. The van der Waals surface area contributed by atoms with Gasteiger partial charge in [-0.2, -0.15) is 10.1 Å². The fourth-order valence-corrected chi connectivity index (χ4v) is 2.69. The van der Waals surface area contributed by atoms with Crippen LogP contribution in [0, 0.1) is 0 Å². The number of amides is 1. The van der Waals surface area contributed by atoms with Gasteiger partial charge in [0.05, 0.1) is 17.0 Å². The fourth-order valence-electron chi connectivity index (χ4n) is 2.69. The van der Waals surface area contributed by atoms with Crippen LogP contribution >= 0.6 is 0 Å². The van der Waals surface area contributed by atoms with E-state index in [2.05, 4.69) is 5.10 Å². The molecule has 2 aromatic rings. The Labute approximate surface area is 163 Å². The second kappa shape index (κ2) is 9.16. The molecule has 1 aliphatic rings. The molecule has 146 valence electrons. The van der Waals surface area contributed by atoms with Crippen LogP contribution < -0.4 is 14.5 Å². The molecule has 0 saturated heterocycles. The van der Waals surface area contributed by atoms with Gasteiger partial charge in [0.25, 0.3) is 5.91 Å². The van der Waals surface area contributed by atoms with E-state index in [0.29, 0.717) is 22.8 Å². The third-order valence-electron chi connectivity index (χ3n) is 4.01. The molecule has 0 N–H and O–H groups in total. The summed E-state index contributed by atoms with van der Waals surface area (Å²) >= 11 is 0. The van der Waals surface area contributed by atoms with Crippen LogP contribution in [0.3, 0.4) is 0 Å². The van der Waals surface area contributed by atoms with Crippen LogP contribution in [0.5, 0.6) is 11.5 Å². The van der Waals surface area contributed by atoms with Gasteiger partial charge in [-0.1, -0.05) is 24.3 Å². The van der Waals surface area contributed by atoms with Gasteiger partial charge >= 0.3 is 0 Å². The summed E-state index contributed by atoms with van der Waals surface area (Å²) in [6, 6.07) is 14.7. The number of carbonyl (C=O) groups excluding carboxylic acids is 1. The third kappa shape index (κ3) is 4.39. The Morgan fingerprint density at radius 3 is 2.32 bits per heavy atom. The number of ether oxygens (including phenoxy) is 4. The van der Waals surface area contributed by atoms with Crippen LogP contribution in [0.1, 0.15) is 12.5 Å². The first-order valence-electron chi connectivity index (χ1n) is 8.68. The molecule has 0 spiro atoms. The van der Waals surface area contributed by atoms with Crippen LogP contribution in [0.4, 0.5) is 5.69 Å². The first-order valence-corrected chi connectivity index (χ1v) is 8.68. The highest BCUT2D eigenvalue weighted by Crippen LogP contribution is 2.31. The van der Waals surface area contributed by atoms with Crippen LogP contribution in [-0.4, -0.2) is 39.4 Å². The van der Waals surface area contributed by atoms with Crippen LogP contribution in [0.2, 0.25) is 0 Å². The average Bonchev–Trinajstić information content (AvgIpc) is 3.00. The number of hydrogen-bond donors (Lipinski definition) is 0. The SMILES string of the molecule is COCOc1ccc(C=C2C(=O)N(c3ccccc3)N=C2C)cc1OCOC. The summed E-state index contributed by atoms with van der Waals surface area (Å²) in [5.41, 5.74) is 2.67. The fraction of sp³-hybridized carbons (Fsp3) is 0.238. The summed E-state index contributed by atoms with van der Waals surface area (Å²) in [5, 5.41) is 5.79. The molecule has 2 aromatic carbocycles. The lowest BCUT2D eigenvalue weighted by Gasteiger charge is -2.13. The van der Waals surface area contributed by atoms with Gasteiger partial charge in [-0.05, 0) is 42.8 Å². The smallest absolute Gasteiger partial charge is 0.280 e. The van der Waals surface area contributed by atoms with Gasteiger partial charge in [0, 0.05) is 14.2 Å². The zero-order chi connectivity index (χ0) is 19.9. The molecule has 0 atom stereocenters. The zero-order valence-electron chi connectivity index (χ0n) is 16.0. The Morgan fingerprint density at radius 2 is 1.64 bits per heavy atom. The van der Waals surface area contributed by atoms with E-state index in [4.69, 9.17) is 18.9 Å². The van der Waals surface area contributed by atoms with Crippen LogP contribution in [-0.2, 0) is 14.3 Å². The minimum Gasteiger partial charge on any atom is -0.464 e. The highest BCUT2D eigenvalue weighted by Gasteiger charge is 2.28. The van der Waals surface area contributed by atoms with Crippen molar-refractivity contribution in [2.24, 2.45) is 5.10 Å². The number of rotatable bonds is 8. The maximum Gasteiger partial charge on any atom is 0.280 e. The van der Waals surface area contributed by atoms with Crippen LogP contribution in [0.15, 0.2) is 59.2 Å². The molecule has 0 aliphatic carbocycles. The molecule has 0 aromatic heterocycles. The van der Waals surface area contributed by atoms with Gasteiger partial charge in [0.1, 0.15) is 0 Å². The molecular formula is C21H22N2O5. The highest BCUT2D eigenvalue weighted by atomic mass is 16.7. The molecule has 1 aliphatic heterocycles. The number of benzene rings is 2. The Kier molecular flexibility index (Phi) is 6.41. The van der Waals surface area contributed by atoms with Crippen molar-refractivity contribution in [3.8, 4) is 11.5 Å². The molecular weight excluding hydrogens is 360 g/mol. The predicted octanol–water partition coefficient (Wildman–Crippen LogP) is 3.46. The average molecular weight is 382 g/mol. The Morgan fingerprint density at radius 1 is 0.964 bits per heavy atom. The van der Waals surface area contributed by atoms with E-state index in [-0.39, 0.29) is 19.5 Å². The van der Waals surface area contributed by atoms with E-state index in [0.717, 1.165) is 11.3 Å². The van der Waals surface area contributed by atoms with Crippen molar-refractivity contribution >= 4 is 23.4 Å². The van der Waals surface area contributed by atoms with Crippen molar-refractivity contribution in [2.45, 2.75) is 6.92 Å². The van der Waals surface area contributed by atoms with Crippen LogP contribution in [0.25, 0.3) is 6.08 Å². The second-order valence-corrected chi connectivity index (χ2v) is 6.00. The Hall–Kier alpha value is -3.16. The van der Waals surface area contributed by atoms with E-state index in [9.17, 15) is 4.79 Å². The van der Waals surface area contributed by atoms with Gasteiger partial charge < -0.3 is 18.9 Å². The van der Waals surface area contributed by atoms with Gasteiger partial charge in [0.2, 0.25) is 0 Å². The Balaban J connectivity index is 1.88. The van der Waals surface area contributed by atoms with Crippen molar-refractivity contribution in [2.75, 3.05) is 32.8 Å². The Bertz CT molecular complexity index is 893. The number of anilines is 1. The molecule has 1 amide bonds. The summed E-state index contributed by atoms with van der Waals surface area (Å²) in [5.74, 6) is 0.839. The minimum absolute atomic E-state index is 0.0740. The molecule has 0 bridgehead atoms. The summed E-state index contributed by atoms with van der Waals surface area (Å²) < 4.78 is 21.0. The minimum atomic E-state index is -0.178. The predicted molar refractivity (Wildman–Crippen MR) is 106 cm³/mol. The number of hydrazone groups is 1. The number of nitrogens with zero attached hydrogens (tertiary/aromatic N) is 2. The summed E-state index contributed by atoms with van der Waals surface area (Å²) in [7, 11) is 3.08. The van der Waals surface area contributed by atoms with E-state index in [1.807, 2.05) is 43.3 Å². The number of hydrogen-bond acceptors (Lipinski definition) is 6. The maximum absolute atomic E-state index is 12.8. The lowest BCUT2D eigenvalue weighted by molar-refractivity contribution is -0.114. The molecule has 28 heavy (non-hydrogen) atoms. The summed E-state index contributed by atoms with van der Waals surface area (Å²) in [6.07, 6.45) is 1.78. The van der Waals surface area contributed by atoms with Gasteiger partial charge in [0.15, 0.2) is 25.1 Å². The molecule has 1 heterocycles. The number of para-hydroxylation sites is 1. The molecule has 0 fully saturated rings. The lowest BCUT2D eigenvalue weighted by atomic mass is 10.1. The van der Waals surface area contributed by atoms with E-state index in [1.165, 1.54) is 12.1 Å². The van der Waals surface area contributed by atoms with E-state index in [1.54, 1.807) is 25.3 Å². The maximum atomic E-state index is 12.8. The first-order chi connectivity index (χ1) is 13.6. The highest BCUT2D eigenvalue weighted by molar-refractivity contribution is 6.32. The zero-order valence-corrected chi connectivity index (χ0v) is 16.0. The molecule has 0 radical (unpaired) electrons. The quantitative estimate of drug-likeness (QED) is 0.517. The van der Waals surface area contributed by atoms with Crippen molar-refractivity contribution in [3.63, 3.8) is 0 Å². The number of carbonyl (C=O) groups is 1. The lowest BCUT2D eigenvalue weighted by Crippen LogP contribution is -2.21. The van der Waals surface area contributed by atoms with E-state index < -0.39 is 0 Å². The largest absolute Gasteiger partial charge is 0.464 e. The van der Waals surface area contributed by atoms with Crippen molar-refractivity contribution in [3.05, 3.63) is 59.7 Å². The molecule has 3 rings (SSSR count). The van der Waals surface area contributed by atoms with Crippen molar-refractivity contribution in [1.82, 2.24) is 0 Å². The van der Waals surface area contributed by atoms with Crippen molar-refractivity contribution in [1.29, 1.82) is 0 Å². The van der Waals surface area contributed by atoms with E-state index >= 15 is 0 Å². The standard InChI is InChI=1S/C21H22N2O5/c1-15-18(21(24)23(22-15)17-7-5-4-6-8-17)11-16-9-10-19(27-13-25-2)20(12-16)28-14-26-3/h4-12H,13-14H2,1-3H3. The molecule has 0 saturated carbocycles. The monoisotopic (exact) mass is 382 g/mol. The number of methoxy groups -OCH3 is 2. The molecule has 7 heteroatoms. The topological polar surface area (TPSA) is 69.6 Å². The second-order valence-electron chi connectivity index (χ2n) is 6.00. The van der Waals surface area contributed by atoms with Gasteiger partial charge in [-0.15, -0.1) is 0 Å². The van der Waals surface area contributed by atoms with Gasteiger partial charge in [-0.3, -0.25) is 4.79 Å². The first kappa shape index (κ1) is 19.6. The summed E-state index contributed by atoms with van der Waals surface area (Å²) in [4.78, 5) is 12.8. The summed E-state index contributed by atoms with van der Waals surface area (Å²) in [6.45, 7) is 1.98. The van der Waals surface area contributed by atoms with Gasteiger partial charge in [-0.25, -0.2) is 0 Å². The normalized spacial score (nSPS) is 15.1. The third-order valence-corrected chi connectivity index (χ3v) is 4.01. The molecule has 0 unspecified atom stereocenters. The van der Waals surface area contributed by atoms with Crippen molar-refractivity contribution < 1.29 is 23.7 Å².